The number of thiazole rings is 1. The number of carbonyl (C=O) groups is 1. The summed E-state index contributed by atoms with van der Waals surface area (Å²) in [7, 11) is 0. The zero-order chi connectivity index (χ0) is 19.2. The number of unbranched alkanes of at least 4 members (excludes halogenated alkanes) is 1. The molecule has 0 bridgehead atoms. The van der Waals surface area contributed by atoms with Crippen LogP contribution in [0.15, 0.2) is 36.4 Å². The van der Waals surface area contributed by atoms with E-state index in [4.69, 9.17) is 9.47 Å². The van der Waals surface area contributed by atoms with Gasteiger partial charge in [0, 0.05) is 0 Å². The van der Waals surface area contributed by atoms with Gasteiger partial charge in [0.05, 0.1) is 16.8 Å². The summed E-state index contributed by atoms with van der Waals surface area (Å²) < 4.78 is 12.4. The van der Waals surface area contributed by atoms with E-state index in [1.165, 1.54) is 11.3 Å². The number of para-hydroxylation sites is 1. The van der Waals surface area contributed by atoms with Crippen LogP contribution in [0.1, 0.15) is 30.9 Å². The zero-order valence-electron chi connectivity index (χ0n) is 15.9. The number of rotatable bonds is 8. The Kier molecular flexibility index (Phi) is 6.29. The van der Waals surface area contributed by atoms with E-state index in [0.717, 1.165) is 45.7 Å². The lowest BCUT2D eigenvalue weighted by Crippen LogP contribution is -2.20. The Bertz CT molecular complexity index is 916. The maximum Gasteiger partial charge on any atom is 0.264 e. The minimum Gasteiger partial charge on any atom is -0.494 e. The SMILES string of the molecule is CCCCOc1ccc2nc(NC(=O)COc3c(C)cccc3C)sc2c1. The van der Waals surface area contributed by atoms with Crippen molar-refractivity contribution in [1.82, 2.24) is 4.98 Å². The summed E-state index contributed by atoms with van der Waals surface area (Å²) in [6.45, 7) is 6.73. The fourth-order valence-electron chi connectivity index (χ4n) is 2.70. The Balaban J connectivity index is 1.61. The molecule has 3 rings (SSSR count). The number of amides is 1. The maximum absolute atomic E-state index is 12.2. The summed E-state index contributed by atoms with van der Waals surface area (Å²) in [4.78, 5) is 16.7. The van der Waals surface area contributed by atoms with Gasteiger partial charge in [-0.2, -0.15) is 0 Å². The Labute approximate surface area is 163 Å². The number of carbonyl (C=O) groups excluding carboxylic acids is 1. The molecule has 1 aromatic heterocycles. The lowest BCUT2D eigenvalue weighted by molar-refractivity contribution is -0.118. The average molecular weight is 385 g/mol. The van der Waals surface area contributed by atoms with E-state index >= 15 is 0 Å². The van der Waals surface area contributed by atoms with Crippen LogP contribution in [-0.2, 0) is 4.79 Å². The first-order chi connectivity index (χ1) is 13.1. The minimum atomic E-state index is -0.226. The van der Waals surface area contributed by atoms with Crippen molar-refractivity contribution in [2.45, 2.75) is 33.6 Å². The second-order valence-electron chi connectivity index (χ2n) is 6.41. The average Bonchev–Trinajstić information content (AvgIpc) is 3.03. The molecule has 0 saturated carbocycles. The quantitative estimate of drug-likeness (QED) is 0.548. The lowest BCUT2D eigenvalue weighted by Gasteiger charge is -2.11. The minimum absolute atomic E-state index is 0.0486. The van der Waals surface area contributed by atoms with Crippen LogP contribution < -0.4 is 14.8 Å². The summed E-state index contributed by atoms with van der Waals surface area (Å²) in [5, 5.41) is 3.38. The molecule has 0 radical (unpaired) electrons. The Morgan fingerprint density at radius 2 is 1.93 bits per heavy atom. The highest BCUT2D eigenvalue weighted by molar-refractivity contribution is 7.22. The van der Waals surface area contributed by atoms with E-state index in [1.807, 2.05) is 50.2 Å². The molecule has 0 aliphatic heterocycles. The topological polar surface area (TPSA) is 60.5 Å². The van der Waals surface area contributed by atoms with Crippen molar-refractivity contribution >= 4 is 32.6 Å². The van der Waals surface area contributed by atoms with Gasteiger partial charge in [-0.05, 0) is 49.6 Å². The molecule has 0 spiro atoms. The number of nitrogens with zero attached hydrogens (tertiary/aromatic N) is 1. The molecule has 0 atom stereocenters. The van der Waals surface area contributed by atoms with Gasteiger partial charge < -0.3 is 9.47 Å². The molecular formula is C21H24N2O3S. The van der Waals surface area contributed by atoms with Gasteiger partial charge in [-0.25, -0.2) is 4.98 Å². The second-order valence-corrected chi connectivity index (χ2v) is 7.44. The van der Waals surface area contributed by atoms with Gasteiger partial charge in [-0.15, -0.1) is 0 Å². The van der Waals surface area contributed by atoms with Crippen molar-refractivity contribution in [1.29, 1.82) is 0 Å². The number of ether oxygens (including phenoxy) is 2. The third-order valence-corrected chi connectivity index (χ3v) is 5.06. The van der Waals surface area contributed by atoms with Crippen LogP contribution in [0.2, 0.25) is 0 Å². The fraction of sp³-hybridized carbons (Fsp3) is 0.333. The third-order valence-electron chi connectivity index (χ3n) is 4.13. The molecule has 142 valence electrons. The Morgan fingerprint density at radius 1 is 1.15 bits per heavy atom. The lowest BCUT2D eigenvalue weighted by atomic mass is 10.1. The van der Waals surface area contributed by atoms with Gasteiger partial charge in [0.25, 0.3) is 5.91 Å². The molecule has 1 amide bonds. The number of nitrogens with one attached hydrogen (secondary N) is 1. The third kappa shape index (κ3) is 4.98. The summed E-state index contributed by atoms with van der Waals surface area (Å²) in [6, 6.07) is 11.7. The summed E-state index contributed by atoms with van der Waals surface area (Å²) in [6.07, 6.45) is 2.13. The van der Waals surface area contributed by atoms with E-state index in [2.05, 4.69) is 17.2 Å². The molecule has 0 aliphatic rings. The van der Waals surface area contributed by atoms with Gasteiger partial charge in [0.2, 0.25) is 0 Å². The standard InChI is InChI=1S/C21H24N2O3S/c1-4-5-11-25-16-9-10-17-18(12-16)27-21(22-17)23-19(24)13-26-20-14(2)7-6-8-15(20)3/h6-10,12H,4-5,11,13H2,1-3H3,(H,22,23,24). The fourth-order valence-corrected chi connectivity index (χ4v) is 3.61. The van der Waals surface area contributed by atoms with Gasteiger partial charge >= 0.3 is 0 Å². The Hall–Kier alpha value is -2.60. The van der Waals surface area contributed by atoms with Crippen molar-refractivity contribution in [3.05, 3.63) is 47.5 Å². The van der Waals surface area contributed by atoms with Crippen LogP contribution in [0.25, 0.3) is 10.2 Å². The van der Waals surface area contributed by atoms with E-state index in [1.54, 1.807) is 0 Å². The number of hydrogen-bond donors (Lipinski definition) is 1. The molecular weight excluding hydrogens is 360 g/mol. The van der Waals surface area contributed by atoms with Crippen LogP contribution in [0, 0.1) is 13.8 Å². The maximum atomic E-state index is 12.2. The highest BCUT2D eigenvalue weighted by Crippen LogP contribution is 2.29. The van der Waals surface area contributed by atoms with Crippen LogP contribution in [-0.4, -0.2) is 24.1 Å². The highest BCUT2D eigenvalue weighted by atomic mass is 32.1. The first-order valence-electron chi connectivity index (χ1n) is 9.09. The van der Waals surface area contributed by atoms with Crippen LogP contribution in [0.5, 0.6) is 11.5 Å². The molecule has 6 heteroatoms. The normalized spacial score (nSPS) is 10.8. The number of hydrogen-bond acceptors (Lipinski definition) is 5. The number of aromatic nitrogens is 1. The molecule has 0 aliphatic carbocycles. The number of fused-ring (bicyclic) bond motifs is 1. The molecule has 0 unspecified atom stereocenters. The predicted octanol–water partition coefficient (Wildman–Crippen LogP) is 5.11. The van der Waals surface area contributed by atoms with Crippen LogP contribution in [0.3, 0.4) is 0 Å². The molecule has 3 aromatic rings. The number of benzene rings is 2. The summed E-state index contributed by atoms with van der Waals surface area (Å²) in [5.74, 6) is 1.36. The molecule has 5 nitrogen and oxygen atoms in total. The molecule has 2 aromatic carbocycles. The molecule has 27 heavy (non-hydrogen) atoms. The largest absolute Gasteiger partial charge is 0.494 e. The van der Waals surface area contributed by atoms with Crippen molar-refractivity contribution in [3.63, 3.8) is 0 Å². The van der Waals surface area contributed by atoms with Crippen LogP contribution in [0.4, 0.5) is 5.13 Å². The summed E-state index contributed by atoms with van der Waals surface area (Å²) in [5.41, 5.74) is 2.87. The monoisotopic (exact) mass is 384 g/mol. The smallest absolute Gasteiger partial charge is 0.264 e. The van der Waals surface area contributed by atoms with Gasteiger partial charge in [0.15, 0.2) is 11.7 Å². The second kappa shape index (κ2) is 8.86. The summed E-state index contributed by atoms with van der Waals surface area (Å²) >= 11 is 1.43. The van der Waals surface area contributed by atoms with Gasteiger partial charge in [0.1, 0.15) is 11.5 Å². The molecule has 0 saturated heterocycles. The van der Waals surface area contributed by atoms with Crippen molar-refractivity contribution in [2.75, 3.05) is 18.5 Å². The molecule has 0 fully saturated rings. The van der Waals surface area contributed by atoms with E-state index < -0.39 is 0 Å². The van der Waals surface area contributed by atoms with Crippen molar-refractivity contribution in [3.8, 4) is 11.5 Å². The van der Waals surface area contributed by atoms with Crippen LogP contribution >= 0.6 is 11.3 Å². The first kappa shape index (κ1) is 19.2. The van der Waals surface area contributed by atoms with E-state index in [-0.39, 0.29) is 12.5 Å². The first-order valence-corrected chi connectivity index (χ1v) is 9.90. The zero-order valence-corrected chi connectivity index (χ0v) is 16.7. The molecule has 1 heterocycles. The number of anilines is 1. The predicted molar refractivity (Wildman–Crippen MR) is 110 cm³/mol. The number of aryl methyl sites for hydroxylation is 2. The van der Waals surface area contributed by atoms with E-state index in [0.29, 0.717) is 11.7 Å². The van der Waals surface area contributed by atoms with Crippen molar-refractivity contribution < 1.29 is 14.3 Å². The van der Waals surface area contributed by atoms with Gasteiger partial charge in [-0.1, -0.05) is 42.9 Å². The molecule has 1 N–H and O–H groups in total. The van der Waals surface area contributed by atoms with Crippen molar-refractivity contribution in [2.24, 2.45) is 0 Å². The van der Waals surface area contributed by atoms with E-state index in [9.17, 15) is 4.79 Å². The highest BCUT2D eigenvalue weighted by Gasteiger charge is 2.11. The Morgan fingerprint density at radius 3 is 2.67 bits per heavy atom. The van der Waals surface area contributed by atoms with Gasteiger partial charge in [-0.3, -0.25) is 10.1 Å².